The predicted octanol–water partition coefficient (Wildman–Crippen LogP) is 2.66. The quantitative estimate of drug-likeness (QED) is 0.457. The highest BCUT2D eigenvalue weighted by Gasteiger charge is 2.33. The Hall–Kier alpha value is -3.98. The summed E-state index contributed by atoms with van der Waals surface area (Å²) < 4.78 is 17.3. The number of fused-ring (bicyclic) bond motifs is 1. The maximum Gasteiger partial charge on any atom is 0.343 e. The second-order valence-electron chi connectivity index (χ2n) is 8.15. The molecular formula is C27H26N2O6S. The van der Waals surface area contributed by atoms with Gasteiger partial charge in [-0.05, 0) is 50.1 Å². The minimum Gasteiger partial charge on any atom is -0.482 e. The van der Waals surface area contributed by atoms with Crippen LogP contribution in [0.25, 0.3) is 6.08 Å². The topological polar surface area (TPSA) is 96.2 Å². The van der Waals surface area contributed by atoms with Crippen LogP contribution in [0.15, 0.2) is 69.6 Å². The number of esters is 2. The first kappa shape index (κ1) is 25.1. The van der Waals surface area contributed by atoms with Crippen LogP contribution in [0.4, 0.5) is 0 Å². The fourth-order valence-corrected chi connectivity index (χ4v) is 4.92. The summed E-state index contributed by atoms with van der Waals surface area (Å²) in [4.78, 5) is 42.9. The van der Waals surface area contributed by atoms with E-state index in [1.807, 2.05) is 31.2 Å². The molecule has 1 aromatic heterocycles. The van der Waals surface area contributed by atoms with E-state index in [1.165, 1.54) is 18.4 Å². The predicted molar refractivity (Wildman–Crippen MR) is 136 cm³/mol. The fourth-order valence-electron chi connectivity index (χ4n) is 3.87. The van der Waals surface area contributed by atoms with Gasteiger partial charge in [0.25, 0.3) is 5.56 Å². The smallest absolute Gasteiger partial charge is 0.343 e. The van der Waals surface area contributed by atoms with Gasteiger partial charge in [0, 0.05) is 0 Å². The third-order valence-corrected chi connectivity index (χ3v) is 6.66. The van der Waals surface area contributed by atoms with Crippen molar-refractivity contribution in [1.29, 1.82) is 0 Å². The Bertz CT molecular complexity index is 1500. The van der Waals surface area contributed by atoms with Crippen LogP contribution in [0, 0.1) is 6.92 Å². The minimum atomic E-state index is -0.642. The maximum atomic E-state index is 13.6. The van der Waals surface area contributed by atoms with Crippen LogP contribution in [-0.2, 0) is 19.1 Å². The number of carbonyl (C=O) groups excluding carboxylic acids is 2. The molecule has 0 N–H and O–H groups in total. The summed E-state index contributed by atoms with van der Waals surface area (Å²) >= 11 is 1.26. The van der Waals surface area contributed by atoms with Crippen molar-refractivity contribution in [2.75, 3.05) is 20.3 Å². The van der Waals surface area contributed by atoms with Gasteiger partial charge in [-0.3, -0.25) is 9.36 Å². The van der Waals surface area contributed by atoms with Gasteiger partial charge < -0.3 is 14.2 Å². The van der Waals surface area contributed by atoms with Crippen LogP contribution in [0.3, 0.4) is 0 Å². The van der Waals surface area contributed by atoms with Crippen molar-refractivity contribution in [3.63, 3.8) is 0 Å². The standard InChI is InChI=1S/C27H26N2O6S/c1-5-34-26(32)23-17(3)28-27-29(24(23)19-10-6-16(2)7-11-19)25(31)21(36-27)14-18-8-12-20(13-9-18)35-15-22(30)33-4/h6-14,24H,5,15H2,1-4H3/t24-/m0/s1. The molecule has 0 spiro atoms. The van der Waals surface area contributed by atoms with Gasteiger partial charge >= 0.3 is 11.9 Å². The Balaban J connectivity index is 1.77. The first-order chi connectivity index (χ1) is 17.3. The molecule has 8 nitrogen and oxygen atoms in total. The molecule has 0 saturated heterocycles. The first-order valence-corrected chi connectivity index (χ1v) is 12.2. The summed E-state index contributed by atoms with van der Waals surface area (Å²) in [5.41, 5.74) is 3.29. The summed E-state index contributed by atoms with van der Waals surface area (Å²) in [6, 6.07) is 14.1. The number of aryl methyl sites for hydroxylation is 1. The molecule has 3 aromatic rings. The number of hydrogen-bond donors (Lipinski definition) is 0. The normalized spacial score (nSPS) is 15.2. The molecule has 0 saturated carbocycles. The van der Waals surface area contributed by atoms with Crippen molar-refractivity contribution < 1.29 is 23.8 Å². The molecule has 0 fully saturated rings. The molecular weight excluding hydrogens is 480 g/mol. The van der Waals surface area contributed by atoms with E-state index in [1.54, 1.807) is 48.8 Å². The molecule has 0 radical (unpaired) electrons. The molecule has 36 heavy (non-hydrogen) atoms. The molecule has 0 aliphatic carbocycles. The largest absolute Gasteiger partial charge is 0.482 e. The van der Waals surface area contributed by atoms with Crippen LogP contribution < -0.4 is 19.6 Å². The molecule has 186 valence electrons. The molecule has 0 amide bonds. The van der Waals surface area contributed by atoms with Gasteiger partial charge in [-0.15, -0.1) is 0 Å². The van der Waals surface area contributed by atoms with E-state index in [0.29, 0.717) is 26.4 Å². The molecule has 2 aromatic carbocycles. The fraction of sp³-hybridized carbons (Fsp3) is 0.259. The molecule has 0 bridgehead atoms. The molecule has 1 aliphatic heterocycles. The molecule has 4 rings (SSSR count). The molecule has 9 heteroatoms. The number of aromatic nitrogens is 1. The van der Waals surface area contributed by atoms with Crippen LogP contribution in [0.2, 0.25) is 0 Å². The van der Waals surface area contributed by atoms with Crippen LogP contribution in [0.5, 0.6) is 5.75 Å². The van der Waals surface area contributed by atoms with E-state index < -0.39 is 18.0 Å². The number of hydrogen-bond acceptors (Lipinski definition) is 8. The number of allylic oxidation sites excluding steroid dienone is 1. The molecule has 1 aliphatic rings. The maximum absolute atomic E-state index is 13.6. The minimum absolute atomic E-state index is 0.185. The van der Waals surface area contributed by atoms with Crippen molar-refractivity contribution in [3.05, 3.63) is 96.2 Å². The third-order valence-electron chi connectivity index (χ3n) is 5.67. The highest BCUT2D eigenvalue weighted by Crippen LogP contribution is 2.30. The number of rotatable bonds is 7. The lowest BCUT2D eigenvalue weighted by atomic mass is 9.95. The number of ether oxygens (including phenoxy) is 3. The summed E-state index contributed by atoms with van der Waals surface area (Å²) in [5, 5.41) is 0. The summed E-state index contributed by atoms with van der Waals surface area (Å²) in [6.07, 6.45) is 1.77. The van der Waals surface area contributed by atoms with Gasteiger partial charge in [0.2, 0.25) is 0 Å². The van der Waals surface area contributed by atoms with E-state index in [2.05, 4.69) is 9.73 Å². The van der Waals surface area contributed by atoms with Crippen LogP contribution >= 0.6 is 11.3 Å². The summed E-state index contributed by atoms with van der Waals surface area (Å²) in [7, 11) is 1.30. The van der Waals surface area contributed by atoms with Crippen LogP contribution in [-0.4, -0.2) is 36.8 Å². The lowest BCUT2D eigenvalue weighted by Gasteiger charge is -2.24. The highest BCUT2D eigenvalue weighted by atomic mass is 32.1. The Labute approximate surface area is 211 Å². The number of benzene rings is 2. The van der Waals surface area contributed by atoms with Crippen molar-refractivity contribution >= 4 is 29.4 Å². The van der Waals surface area contributed by atoms with Gasteiger partial charge in [-0.1, -0.05) is 53.3 Å². The Morgan fingerprint density at radius 3 is 2.42 bits per heavy atom. The Morgan fingerprint density at radius 2 is 1.78 bits per heavy atom. The van der Waals surface area contributed by atoms with E-state index in [4.69, 9.17) is 9.47 Å². The lowest BCUT2D eigenvalue weighted by Crippen LogP contribution is -2.39. The SMILES string of the molecule is CCOC(=O)C1=C(C)N=c2sc(=Cc3ccc(OCC(=O)OC)cc3)c(=O)n2[C@H]1c1ccc(C)cc1. The Morgan fingerprint density at radius 1 is 1.08 bits per heavy atom. The van der Waals surface area contributed by atoms with Gasteiger partial charge in [0.05, 0.1) is 35.6 Å². The second-order valence-corrected chi connectivity index (χ2v) is 9.16. The van der Waals surface area contributed by atoms with Gasteiger partial charge in [0.15, 0.2) is 11.4 Å². The van der Waals surface area contributed by atoms with E-state index in [9.17, 15) is 14.4 Å². The zero-order chi connectivity index (χ0) is 25.8. The number of carbonyl (C=O) groups is 2. The monoisotopic (exact) mass is 506 g/mol. The average molecular weight is 507 g/mol. The van der Waals surface area contributed by atoms with Crippen molar-refractivity contribution in [2.45, 2.75) is 26.8 Å². The average Bonchev–Trinajstić information content (AvgIpc) is 3.17. The molecule has 0 unspecified atom stereocenters. The molecule has 2 heterocycles. The number of nitrogens with zero attached hydrogens (tertiary/aromatic N) is 2. The van der Waals surface area contributed by atoms with Gasteiger partial charge in [0.1, 0.15) is 5.75 Å². The summed E-state index contributed by atoms with van der Waals surface area (Å²) in [6.45, 7) is 5.52. The zero-order valence-electron chi connectivity index (χ0n) is 20.4. The number of thiazole rings is 1. The summed E-state index contributed by atoms with van der Waals surface area (Å²) in [5.74, 6) is -0.449. The first-order valence-electron chi connectivity index (χ1n) is 11.4. The van der Waals surface area contributed by atoms with Crippen molar-refractivity contribution in [3.8, 4) is 5.75 Å². The zero-order valence-corrected chi connectivity index (χ0v) is 21.3. The lowest BCUT2D eigenvalue weighted by molar-refractivity contribution is -0.143. The Kier molecular flexibility index (Phi) is 7.49. The van der Waals surface area contributed by atoms with Crippen molar-refractivity contribution in [2.24, 2.45) is 4.99 Å². The van der Waals surface area contributed by atoms with Crippen molar-refractivity contribution in [1.82, 2.24) is 4.57 Å². The highest BCUT2D eigenvalue weighted by molar-refractivity contribution is 7.07. The third kappa shape index (κ3) is 5.16. The van der Waals surface area contributed by atoms with Gasteiger partial charge in [-0.25, -0.2) is 14.6 Å². The van der Waals surface area contributed by atoms with E-state index in [0.717, 1.165) is 16.7 Å². The number of methoxy groups -OCH3 is 1. The second kappa shape index (κ2) is 10.7. The van der Waals surface area contributed by atoms with Gasteiger partial charge in [-0.2, -0.15) is 0 Å². The van der Waals surface area contributed by atoms with E-state index >= 15 is 0 Å². The van der Waals surface area contributed by atoms with Crippen LogP contribution in [0.1, 0.15) is 36.6 Å². The van der Waals surface area contributed by atoms with E-state index in [-0.39, 0.29) is 18.8 Å². The molecule has 1 atom stereocenters.